The Labute approximate surface area is 253 Å². The van der Waals surface area contributed by atoms with Crippen LogP contribution < -0.4 is 20.2 Å². The number of hydrogen-bond donors (Lipinski definition) is 3. The first-order valence-corrected chi connectivity index (χ1v) is 14.0. The first-order chi connectivity index (χ1) is 20.7. The van der Waals surface area contributed by atoms with E-state index in [2.05, 4.69) is 15.8 Å². The number of nitrogens with one attached hydrogen (secondary N) is 2. The van der Waals surface area contributed by atoms with Crippen molar-refractivity contribution in [2.24, 2.45) is 11.1 Å². The number of oxime groups is 1. The summed E-state index contributed by atoms with van der Waals surface area (Å²) in [7, 11) is 1.52. The third-order valence-electron chi connectivity index (χ3n) is 6.95. The van der Waals surface area contributed by atoms with Gasteiger partial charge in [0.25, 0.3) is 0 Å². The van der Waals surface area contributed by atoms with Crippen molar-refractivity contribution in [3.05, 3.63) is 94.3 Å². The van der Waals surface area contributed by atoms with E-state index in [1.165, 1.54) is 31.4 Å². The lowest BCUT2D eigenvalue weighted by atomic mass is 9.97. The number of ether oxygens (including phenoxy) is 1. The van der Waals surface area contributed by atoms with Crippen LogP contribution in [0.15, 0.2) is 71.9 Å². The molecule has 12 heteroatoms. The fourth-order valence-corrected chi connectivity index (χ4v) is 4.89. The molecule has 43 heavy (non-hydrogen) atoms. The van der Waals surface area contributed by atoms with Crippen LogP contribution in [0.5, 0.6) is 11.5 Å². The first kappa shape index (κ1) is 31.3. The molecule has 3 N–H and O–H groups in total. The number of rotatable bonds is 10. The number of carbonyl (C=O) groups is 3. The average molecular weight is 611 g/mol. The summed E-state index contributed by atoms with van der Waals surface area (Å²) in [4.78, 5) is 45.1. The summed E-state index contributed by atoms with van der Waals surface area (Å²) in [6.45, 7) is 1.83. The number of imide groups is 1. The lowest BCUT2D eigenvalue weighted by Gasteiger charge is -2.26. The highest BCUT2D eigenvalue weighted by Gasteiger charge is 2.35. The van der Waals surface area contributed by atoms with Gasteiger partial charge in [-0.15, -0.1) is 0 Å². The van der Waals surface area contributed by atoms with Crippen molar-refractivity contribution in [3.8, 4) is 11.5 Å². The third kappa shape index (κ3) is 8.45. The van der Waals surface area contributed by atoms with Gasteiger partial charge in [0.15, 0.2) is 11.6 Å². The van der Waals surface area contributed by atoms with Crippen LogP contribution in [0.1, 0.15) is 36.1 Å². The van der Waals surface area contributed by atoms with Gasteiger partial charge in [0.2, 0.25) is 5.91 Å². The second-order valence-corrected chi connectivity index (χ2v) is 10.4. The summed E-state index contributed by atoms with van der Waals surface area (Å²) >= 11 is 6.22. The Morgan fingerprint density at radius 3 is 2.53 bits per heavy atom. The second kappa shape index (κ2) is 14.5. The number of benzene rings is 3. The van der Waals surface area contributed by atoms with Crippen molar-refractivity contribution >= 4 is 35.3 Å². The normalized spacial score (nSPS) is 16.7. The number of carboxylic acid groups (broad SMARTS) is 1. The molecule has 1 fully saturated rings. The van der Waals surface area contributed by atoms with Crippen molar-refractivity contribution in [2.45, 2.75) is 32.2 Å². The van der Waals surface area contributed by atoms with Crippen LogP contribution in [-0.2, 0) is 22.4 Å². The van der Waals surface area contributed by atoms with Gasteiger partial charge in [-0.2, -0.15) is 0 Å². The summed E-state index contributed by atoms with van der Waals surface area (Å²) in [6, 6.07) is 16.2. The van der Waals surface area contributed by atoms with Crippen LogP contribution in [-0.4, -0.2) is 53.9 Å². The van der Waals surface area contributed by atoms with Gasteiger partial charge in [0.05, 0.1) is 32.0 Å². The molecule has 226 valence electrons. The Balaban J connectivity index is 1.58. The van der Waals surface area contributed by atoms with Gasteiger partial charge in [-0.3, -0.25) is 14.5 Å². The molecule has 0 saturated carbocycles. The van der Waals surface area contributed by atoms with E-state index in [1.54, 1.807) is 42.5 Å². The number of amides is 3. The Kier molecular flexibility index (Phi) is 10.6. The van der Waals surface area contributed by atoms with Crippen LogP contribution in [0.4, 0.5) is 9.18 Å². The van der Waals surface area contributed by atoms with Gasteiger partial charge in [0.1, 0.15) is 11.6 Å². The van der Waals surface area contributed by atoms with Crippen LogP contribution in [0, 0.1) is 11.7 Å². The van der Waals surface area contributed by atoms with E-state index in [0.29, 0.717) is 28.3 Å². The minimum atomic E-state index is -0.938. The fraction of sp³-hybridized carbons (Fsp3) is 0.290. The Morgan fingerprint density at radius 1 is 1.16 bits per heavy atom. The largest absolute Gasteiger partial charge is 0.496 e. The number of hydrogen-bond acceptors (Lipinski definition) is 6. The standard InChI is InChI=1S/C31H32ClFN4O6/c1-3-26(20-6-4-19(5-7-20)14-29(38)39)35-31(41)37-18-28(36-43-25-11-9-24(33)10-12-25)34-17-22(30(37)40)15-21-16-23(32)8-13-27(21)42-2/h4-13,16,22,26H,3,14-15,17-18H2,1-2H3,(H,34,36)(H,35,41)(H,38,39)/t22-,26-/m1/s1. The lowest BCUT2D eigenvalue weighted by Crippen LogP contribution is -2.48. The van der Waals surface area contributed by atoms with Crippen LogP contribution in [0.2, 0.25) is 5.02 Å². The van der Waals surface area contributed by atoms with E-state index in [4.69, 9.17) is 26.3 Å². The molecule has 0 bridgehead atoms. The topological polar surface area (TPSA) is 130 Å². The Morgan fingerprint density at radius 2 is 1.88 bits per heavy atom. The second-order valence-electron chi connectivity index (χ2n) is 9.97. The maximum absolute atomic E-state index is 13.8. The molecule has 2 atom stereocenters. The van der Waals surface area contributed by atoms with Gasteiger partial charge < -0.3 is 25.3 Å². The molecule has 0 unspecified atom stereocenters. The highest BCUT2D eigenvalue weighted by molar-refractivity contribution is 6.30. The number of carbonyl (C=O) groups excluding carboxylic acids is 2. The molecule has 4 rings (SSSR count). The smallest absolute Gasteiger partial charge is 0.325 e. The van der Waals surface area contributed by atoms with Gasteiger partial charge in [0, 0.05) is 11.6 Å². The highest BCUT2D eigenvalue weighted by Crippen LogP contribution is 2.27. The molecule has 1 aliphatic rings. The molecule has 10 nitrogen and oxygen atoms in total. The van der Waals surface area contributed by atoms with Crippen LogP contribution in [0.25, 0.3) is 0 Å². The maximum atomic E-state index is 13.8. The molecule has 0 spiro atoms. The van der Waals surface area contributed by atoms with Crippen molar-refractivity contribution in [2.75, 3.05) is 20.2 Å². The van der Waals surface area contributed by atoms with E-state index in [0.717, 1.165) is 10.5 Å². The lowest BCUT2D eigenvalue weighted by molar-refractivity contribution is -0.136. The number of halogens is 2. The molecule has 1 aliphatic heterocycles. The molecule has 0 radical (unpaired) electrons. The zero-order valence-electron chi connectivity index (χ0n) is 23.7. The Hall–Kier alpha value is -4.64. The minimum absolute atomic E-state index is 0.111. The molecule has 3 aromatic rings. The molecule has 3 amide bonds. The molecule has 0 aliphatic carbocycles. The number of aliphatic carboxylic acids is 1. The van der Waals surface area contributed by atoms with Crippen molar-refractivity contribution in [1.29, 1.82) is 0 Å². The van der Waals surface area contributed by atoms with Gasteiger partial charge in [-0.05, 0) is 72.0 Å². The molecular weight excluding hydrogens is 579 g/mol. The predicted octanol–water partition coefficient (Wildman–Crippen LogP) is 4.96. The van der Waals surface area contributed by atoms with Crippen LogP contribution >= 0.6 is 11.6 Å². The van der Waals surface area contributed by atoms with E-state index >= 15 is 0 Å². The maximum Gasteiger partial charge on any atom is 0.325 e. The Bertz CT molecular complexity index is 1480. The molecule has 0 aromatic heterocycles. The van der Waals surface area contributed by atoms with E-state index in [9.17, 15) is 18.8 Å². The fourth-order valence-electron chi connectivity index (χ4n) is 4.69. The highest BCUT2D eigenvalue weighted by atomic mass is 35.5. The minimum Gasteiger partial charge on any atom is -0.496 e. The first-order valence-electron chi connectivity index (χ1n) is 13.6. The number of amidine groups is 1. The van der Waals surface area contributed by atoms with Crippen LogP contribution in [0.3, 0.4) is 0 Å². The van der Waals surface area contributed by atoms with Crippen molar-refractivity contribution < 1.29 is 33.5 Å². The summed E-state index contributed by atoms with van der Waals surface area (Å²) in [5.41, 5.74) is 2.10. The number of carboxylic acids is 1. The number of methoxy groups -OCH3 is 1. The SMILES string of the molecule is CC[C@@H](NC(=O)N1C/C(=N/Oc2ccc(F)cc2)NC[C@@H](Cc2cc(Cl)ccc2OC)C1=O)c1ccc(CC(=O)O)cc1. The number of nitrogens with zero attached hydrogens (tertiary/aromatic N) is 2. The summed E-state index contributed by atoms with van der Waals surface area (Å²) < 4.78 is 18.8. The van der Waals surface area contributed by atoms with Gasteiger partial charge >= 0.3 is 12.0 Å². The van der Waals surface area contributed by atoms with E-state index in [-0.39, 0.29) is 37.5 Å². The molecule has 3 aromatic carbocycles. The summed E-state index contributed by atoms with van der Waals surface area (Å²) in [5, 5.41) is 19.7. The molecular formula is C31H32ClFN4O6. The van der Waals surface area contributed by atoms with Gasteiger partial charge in [-0.25, -0.2) is 9.18 Å². The molecule has 1 heterocycles. The number of urea groups is 1. The van der Waals surface area contributed by atoms with E-state index in [1.807, 2.05) is 6.92 Å². The predicted molar refractivity (Wildman–Crippen MR) is 159 cm³/mol. The van der Waals surface area contributed by atoms with E-state index < -0.39 is 35.7 Å². The average Bonchev–Trinajstić information content (AvgIpc) is 3.14. The quantitative estimate of drug-likeness (QED) is 0.277. The monoisotopic (exact) mass is 610 g/mol. The summed E-state index contributed by atoms with van der Waals surface area (Å²) in [5.74, 6) is -1.44. The zero-order chi connectivity index (χ0) is 30.9. The van der Waals surface area contributed by atoms with Crippen molar-refractivity contribution in [1.82, 2.24) is 15.5 Å². The third-order valence-corrected chi connectivity index (χ3v) is 7.18. The zero-order valence-corrected chi connectivity index (χ0v) is 24.4. The van der Waals surface area contributed by atoms with Gasteiger partial charge in [-0.1, -0.05) is 47.9 Å². The molecule has 1 saturated heterocycles. The van der Waals surface area contributed by atoms with Crippen molar-refractivity contribution in [3.63, 3.8) is 0 Å². The summed E-state index contributed by atoms with van der Waals surface area (Å²) in [6.07, 6.45) is 0.634.